The number of anilines is 1. The third-order valence-corrected chi connectivity index (χ3v) is 6.46. The van der Waals surface area contributed by atoms with Crippen LogP contribution >= 0.6 is 11.3 Å². The summed E-state index contributed by atoms with van der Waals surface area (Å²) in [5.74, 6) is -0.373. The molecule has 0 atom stereocenters. The minimum Gasteiger partial charge on any atom is -0.463 e. The number of carbonyl (C=O) groups is 2. The zero-order valence-corrected chi connectivity index (χ0v) is 17.5. The second kappa shape index (κ2) is 10.6. The molecule has 0 saturated heterocycles. The van der Waals surface area contributed by atoms with Crippen LogP contribution < -0.4 is 5.32 Å². The average Bonchev–Trinajstić information content (AvgIpc) is 3.16. The highest BCUT2D eigenvalue weighted by Crippen LogP contribution is 2.31. The number of hydrogen-bond acceptors (Lipinski definition) is 5. The molecule has 3 rings (SSSR count). The molecule has 0 radical (unpaired) electrons. The summed E-state index contributed by atoms with van der Waals surface area (Å²) in [5, 5.41) is 3.59. The molecule has 1 aromatic heterocycles. The zero-order chi connectivity index (χ0) is 19.8. The van der Waals surface area contributed by atoms with Crippen LogP contribution in [-0.2, 0) is 9.53 Å². The quantitative estimate of drug-likeness (QED) is 0.520. The molecule has 0 spiro atoms. The fourth-order valence-electron chi connectivity index (χ4n) is 4.27. The highest BCUT2D eigenvalue weighted by molar-refractivity contribution is 7.16. The standard InChI is InChI=1S/C21H31N3O3S/c1-2-27-19(25)14-13-18-15-22-20(28-18)23-21(26)24(16-9-5-3-6-10-16)17-11-7-4-8-12-17/h13-17H,2-12H2,1H3,(H,22,23,26). The maximum atomic E-state index is 13.2. The Morgan fingerprint density at radius 2 is 1.75 bits per heavy atom. The number of aromatic nitrogens is 1. The first-order chi connectivity index (χ1) is 13.7. The normalized spacial score (nSPS) is 18.9. The summed E-state index contributed by atoms with van der Waals surface area (Å²) in [5.41, 5.74) is 0. The van der Waals surface area contributed by atoms with E-state index >= 15 is 0 Å². The molecule has 2 saturated carbocycles. The van der Waals surface area contributed by atoms with E-state index in [4.69, 9.17) is 4.74 Å². The van der Waals surface area contributed by atoms with Gasteiger partial charge in [-0.25, -0.2) is 14.6 Å². The number of amides is 2. The van der Waals surface area contributed by atoms with Gasteiger partial charge in [-0.05, 0) is 38.7 Å². The van der Waals surface area contributed by atoms with E-state index in [-0.39, 0.29) is 12.0 Å². The van der Waals surface area contributed by atoms with Crippen LogP contribution in [0.4, 0.5) is 9.93 Å². The van der Waals surface area contributed by atoms with E-state index in [2.05, 4.69) is 15.2 Å². The Morgan fingerprint density at radius 1 is 1.14 bits per heavy atom. The monoisotopic (exact) mass is 405 g/mol. The molecule has 2 fully saturated rings. The summed E-state index contributed by atoms with van der Waals surface area (Å²) in [4.78, 5) is 31.9. The first-order valence-corrected chi connectivity index (χ1v) is 11.4. The maximum Gasteiger partial charge on any atom is 0.330 e. The maximum absolute atomic E-state index is 13.2. The lowest BCUT2D eigenvalue weighted by atomic mass is 9.89. The van der Waals surface area contributed by atoms with Gasteiger partial charge in [0.25, 0.3) is 0 Å². The molecule has 0 aromatic carbocycles. The molecule has 1 heterocycles. The molecule has 0 bridgehead atoms. The smallest absolute Gasteiger partial charge is 0.330 e. The van der Waals surface area contributed by atoms with Crippen LogP contribution in [0.1, 0.15) is 76.0 Å². The number of urea groups is 1. The van der Waals surface area contributed by atoms with Crippen molar-refractivity contribution >= 4 is 34.5 Å². The van der Waals surface area contributed by atoms with Crippen molar-refractivity contribution in [3.05, 3.63) is 17.2 Å². The van der Waals surface area contributed by atoms with Crippen molar-refractivity contribution in [2.75, 3.05) is 11.9 Å². The number of carbonyl (C=O) groups excluding carboxylic acids is 2. The van der Waals surface area contributed by atoms with Gasteiger partial charge in [-0.1, -0.05) is 49.9 Å². The van der Waals surface area contributed by atoms with E-state index in [0.717, 1.165) is 30.6 Å². The molecule has 2 amide bonds. The molecule has 154 valence electrons. The fourth-order valence-corrected chi connectivity index (χ4v) is 4.97. The first-order valence-electron chi connectivity index (χ1n) is 10.6. The van der Waals surface area contributed by atoms with Crippen molar-refractivity contribution < 1.29 is 14.3 Å². The Balaban J connectivity index is 1.65. The summed E-state index contributed by atoms with van der Waals surface area (Å²) >= 11 is 1.37. The van der Waals surface area contributed by atoms with Gasteiger partial charge in [0.1, 0.15) is 0 Å². The van der Waals surface area contributed by atoms with Crippen LogP contribution in [0.3, 0.4) is 0 Å². The van der Waals surface area contributed by atoms with Crippen LogP contribution in [-0.4, -0.2) is 40.6 Å². The zero-order valence-electron chi connectivity index (χ0n) is 16.7. The lowest BCUT2D eigenvalue weighted by Gasteiger charge is -2.41. The summed E-state index contributed by atoms with van der Waals surface area (Å²) < 4.78 is 4.88. The second-order valence-corrected chi connectivity index (χ2v) is 8.64. The number of nitrogens with zero attached hydrogens (tertiary/aromatic N) is 2. The number of rotatable bonds is 6. The third kappa shape index (κ3) is 5.80. The van der Waals surface area contributed by atoms with E-state index in [1.54, 1.807) is 19.2 Å². The van der Waals surface area contributed by atoms with Crippen molar-refractivity contribution in [2.24, 2.45) is 0 Å². The van der Waals surface area contributed by atoms with Crippen molar-refractivity contribution in [1.29, 1.82) is 0 Å². The number of hydrogen-bond donors (Lipinski definition) is 1. The Labute approximate surface area is 171 Å². The van der Waals surface area contributed by atoms with Gasteiger partial charge in [0, 0.05) is 29.2 Å². The van der Waals surface area contributed by atoms with Crippen molar-refractivity contribution in [2.45, 2.75) is 83.2 Å². The van der Waals surface area contributed by atoms with Gasteiger partial charge in [-0.3, -0.25) is 5.32 Å². The van der Waals surface area contributed by atoms with Gasteiger partial charge < -0.3 is 9.64 Å². The molecule has 28 heavy (non-hydrogen) atoms. The summed E-state index contributed by atoms with van der Waals surface area (Å²) in [6.45, 7) is 2.13. The van der Waals surface area contributed by atoms with E-state index in [9.17, 15) is 9.59 Å². The Morgan fingerprint density at radius 3 is 2.32 bits per heavy atom. The van der Waals surface area contributed by atoms with Crippen LogP contribution in [0.25, 0.3) is 6.08 Å². The SMILES string of the molecule is CCOC(=O)C=Cc1cnc(NC(=O)N(C2CCCCC2)C2CCCCC2)s1. The average molecular weight is 406 g/mol. The van der Waals surface area contributed by atoms with E-state index < -0.39 is 0 Å². The van der Waals surface area contributed by atoms with Gasteiger partial charge >= 0.3 is 12.0 Å². The molecular formula is C21H31N3O3S. The van der Waals surface area contributed by atoms with Gasteiger partial charge in [-0.15, -0.1) is 0 Å². The highest BCUT2D eigenvalue weighted by Gasteiger charge is 2.32. The predicted octanol–water partition coefficient (Wildman–Crippen LogP) is 5.22. The van der Waals surface area contributed by atoms with Gasteiger partial charge in [-0.2, -0.15) is 0 Å². The summed E-state index contributed by atoms with van der Waals surface area (Å²) in [6.07, 6.45) is 16.5. The van der Waals surface area contributed by atoms with Gasteiger partial charge in [0.2, 0.25) is 0 Å². The second-order valence-electron chi connectivity index (χ2n) is 7.57. The Bertz CT molecular complexity index is 658. The van der Waals surface area contributed by atoms with Crippen LogP contribution in [0.5, 0.6) is 0 Å². The predicted molar refractivity (Wildman–Crippen MR) is 112 cm³/mol. The lowest BCUT2D eigenvalue weighted by molar-refractivity contribution is -0.137. The van der Waals surface area contributed by atoms with Crippen molar-refractivity contribution in [1.82, 2.24) is 9.88 Å². The first kappa shape index (κ1) is 20.8. The fraction of sp³-hybridized carbons (Fsp3) is 0.667. The Hall–Kier alpha value is -1.89. The molecule has 0 aliphatic heterocycles. The van der Waals surface area contributed by atoms with Crippen LogP contribution in [0.2, 0.25) is 0 Å². The van der Waals surface area contributed by atoms with Crippen molar-refractivity contribution in [3.8, 4) is 0 Å². The number of nitrogens with one attached hydrogen (secondary N) is 1. The molecule has 6 nitrogen and oxygen atoms in total. The molecule has 0 unspecified atom stereocenters. The number of thiazole rings is 1. The molecule has 2 aliphatic rings. The summed E-state index contributed by atoms with van der Waals surface area (Å²) in [6, 6.07) is 0.675. The third-order valence-electron chi connectivity index (χ3n) is 5.58. The largest absolute Gasteiger partial charge is 0.463 e. The minimum atomic E-state index is -0.373. The molecule has 1 aromatic rings. The van der Waals surface area contributed by atoms with E-state index in [1.165, 1.54) is 55.9 Å². The van der Waals surface area contributed by atoms with Gasteiger partial charge in [0.05, 0.1) is 6.61 Å². The lowest BCUT2D eigenvalue weighted by Crippen LogP contribution is -2.50. The molecular weight excluding hydrogens is 374 g/mol. The molecule has 1 N–H and O–H groups in total. The number of esters is 1. The van der Waals surface area contributed by atoms with E-state index in [1.807, 2.05) is 0 Å². The minimum absolute atomic E-state index is 0.0194. The van der Waals surface area contributed by atoms with Crippen LogP contribution in [0, 0.1) is 0 Å². The Kier molecular flexibility index (Phi) is 7.89. The van der Waals surface area contributed by atoms with Crippen LogP contribution in [0.15, 0.2) is 12.3 Å². The highest BCUT2D eigenvalue weighted by atomic mass is 32.1. The number of ether oxygens (including phenoxy) is 1. The van der Waals surface area contributed by atoms with Gasteiger partial charge in [0.15, 0.2) is 5.13 Å². The molecule has 7 heteroatoms. The molecule has 2 aliphatic carbocycles. The summed E-state index contributed by atoms with van der Waals surface area (Å²) in [7, 11) is 0. The van der Waals surface area contributed by atoms with Crippen molar-refractivity contribution in [3.63, 3.8) is 0 Å². The van der Waals surface area contributed by atoms with E-state index in [0.29, 0.717) is 23.8 Å². The topological polar surface area (TPSA) is 71.5 Å².